The molecule has 0 heterocycles. The summed E-state index contributed by atoms with van der Waals surface area (Å²) in [5.41, 5.74) is 1.10. The molecule has 0 unspecified atom stereocenters. The Bertz CT molecular complexity index is 510. The number of rotatable bonds is 9. The lowest BCUT2D eigenvalue weighted by Crippen LogP contribution is -2.40. The number of amides is 1. The summed E-state index contributed by atoms with van der Waals surface area (Å²) < 4.78 is 5.15. The lowest BCUT2D eigenvalue weighted by molar-refractivity contribution is -0.130. The van der Waals surface area contributed by atoms with Crippen LogP contribution in [-0.2, 0) is 11.3 Å². The summed E-state index contributed by atoms with van der Waals surface area (Å²) in [5.74, 6) is 1.72. The lowest BCUT2D eigenvalue weighted by atomic mass is 10.2. The van der Waals surface area contributed by atoms with Gasteiger partial charge in [0.1, 0.15) is 5.75 Å². The van der Waals surface area contributed by atoms with Crippen LogP contribution < -0.4 is 15.4 Å². The van der Waals surface area contributed by atoms with Crippen LogP contribution in [-0.4, -0.2) is 50.1 Å². The first-order valence-corrected chi connectivity index (χ1v) is 8.57. The van der Waals surface area contributed by atoms with E-state index >= 15 is 0 Å². The fraction of sp³-hybridized carbons (Fsp3) is 0.556. The highest BCUT2D eigenvalue weighted by molar-refractivity contribution is 5.81. The number of methoxy groups -OCH3 is 1. The summed E-state index contributed by atoms with van der Waals surface area (Å²) in [7, 11) is 1.65. The summed E-state index contributed by atoms with van der Waals surface area (Å²) in [6.45, 7) is 9.43. The quantitative estimate of drug-likeness (QED) is 0.535. The summed E-state index contributed by atoms with van der Waals surface area (Å²) in [6, 6.07) is 7.84. The summed E-state index contributed by atoms with van der Waals surface area (Å²) in [4.78, 5) is 18.4. The van der Waals surface area contributed by atoms with Crippen molar-refractivity contribution in [3.63, 3.8) is 0 Å². The van der Waals surface area contributed by atoms with Gasteiger partial charge in [0, 0.05) is 32.6 Å². The fourth-order valence-electron chi connectivity index (χ4n) is 2.27. The van der Waals surface area contributed by atoms with E-state index in [2.05, 4.69) is 15.6 Å². The van der Waals surface area contributed by atoms with Gasteiger partial charge in [-0.05, 0) is 38.5 Å². The second kappa shape index (κ2) is 11.3. The molecule has 6 nitrogen and oxygen atoms in total. The van der Waals surface area contributed by atoms with Crippen molar-refractivity contribution in [3.8, 4) is 5.75 Å². The van der Waals surface area contributed by atoms with Gasteiger partial charge in [0.15, 0.2) is 5.96 Å². The fourth-order valence-corrected chi connectivity index (χ4v) is 2.27. The average molecular weight is 334 g/mol. The number of benzene rings is 1. The second-order valence-corrected chi connectivity index (χ2v) is 5.29. The Morgan fingerprint density at radius 1 is 1.12 bits per heavy atom. The van der Waals surface area contributed by atoms with Crippen LogP contribution in [0.15, 0.2) is 29.3 Å². The van der Waals surface area contributed by atoms with E-state index in [0.29, 0.717) is 19.5 Å². The van der Waals surface area contributed by atoms with Crippen LogP contribution in [0.4, 0.5) is 0 Å². The van der Waals surface area contributed by atoms with E-state index in [9.17, 15) is 4.79 Å². The van der Waals surface area contributed by atoms with Crippen molar-refractivity contribution in [2.45, 2.75) is 33.7 Å². The Balaban J connectivity index is 2.51. The number of hydrogen-bond donors (Lipinski definition) is 2. The van der Waals surface area contributed by atoms with E-state index in [-0.39, 0.29) is 5.91 Å². The largest absolute Gasteiger partial charge is 0.497 e. The molecule has 2 N–H and O–H groups in total. The zero-order valence-corrected chi connectivity index (χ0v) is 15.3. The summed E-state index contributed by atoms with van der Waals surface area (Å²) >= 11 is 0. The highest BCUT2D eigenvalue weighted by Gasteiger charge is 2.09. The molecule has 1 rings (SSSR count). The molecule has 134 valence electrons. The number of hydrogen-bond acceptors (Lipinski definition) is 3. The molecule has 0 saturated heterocycles. The zero-order chi connectivity index (χ0) is 17.8. The monoisotopic (exact) mass is 334 g/mol. The molecule has 0 aliphatic heterocycles. The molecule has 1 aromatic rings. The first kappa shape index (κ1) is 19.8. The van der Waals surface area contributed by atoms with Gasteiger partial charge in [0.05, 0.1) is 13.7 Å². The van der Waals surface area contributed by atoms with E-state index < -0.39 is 0 Å². The maximum atomic E-state index is 12.0. The number of carbonyl (C=O) groups is 1. The van der Waals surface area contributed by atoms with Gasteiger partial charge in [-0.25, -0.2) is 4.99 Å². The van der Waals surface area contributed by atoms with Crippen LogP contribution in [0, 0.1) is 0 Å². The van der Waals surface area contributed by atoms with E-state index in [1.165, 1.54) is 0 Å². The van der Waals surface area contributed by atoms with Crippen LogP contribution in [0.1, 0.15) is 32.8 Å². The smallest absolute Gasteiger partial charge is 0.224 e. The zero-order valence-electron chi connectivity index (χ0n) is 15.3. The van der Waals surface area contributed by atoms with Gasteiger partial charge >= 0.3 is 0 Å². The van der Waals surface area contributed by atoms with E-state index in [1.54, 1.807) is 7.11 Å². The molecular formula is C18H30N4O2. The van der Waals surface area contributed by atoms with Crippen molar-refractivity contribution in [2.75, 3.05) is 33.3 Å². The van der Waals surface area contributed by atoms with E-state index in [4.69, 9.17) is 4.74 Å². The van der Waals surface area contributed by atoms with Gasteiger partial charge in [-0.15, -0.1) is 0 Å². The highest BCUT2D eigenvalue weighted by atomic mass is 16.5. The standard InChI is InChI=1S/C18H30N4O2/c1-5-19-18(20-13-12-17(23)22(6-2)7-3)21-14-15-8-10-16(24-4)11-9-15/h8-11H,5-7,12-14H2,1-4H3,(H2,19,20,21). The molecule has 0 fully saturated rings. The van der Waals surface area contributed by atoms with Gasteiger partial charge in [-0.1, -0.05) is 12.1 Å². The lowest BCUT2D eigenvalue weighted by Gasteiger charge is -2.19. The third-order valence-corrected chi connectivity index (χ3v) is 3.67. The Morgan fingerprint density at radius 2 is 1.79 bits per heavy atom. The molecule has 24 heavy (non-hydrogen) atoms. The predicted octanol–water partition coefficient (Wildman–Crippen LogP) is 2.01. The second-order valence-electron chi connectivity index (χ2n) is 5.29. The number of carbonyl (C=O) groups excluding carboxylic acids is 1. The molecule has 0 aliphatic carbocycles. The van der Waals surface area contributed by atoms with Crippen molar-refractivity contribution < 1.29 is 9.53 Å². The topological polar surface area (TPSA) is 66.0 Å². The van der Waals surface area contributed by atoms with Gasteiger partial charge in [-0.2, -0.15) is 0 Å². The molecule has 0 atom stereocenters. The number of aliphatic imine (C=N–C) groups is 1. The van der Waals surface area contributed by atoms with Gasteiger partial charge in [-0.3, -0.25) is 4.79 Å². The maximum Gasteiger partial charge on any atom is 0.224 e. The molecule has 0 bridgehead atoms. The van der Waals surface area contributed by atoms with Crippen molar-refractivity contribution >= 4 is 11.9 Å². The molecule has 1 amide bonds. The van der Waals surface area contributed by atoms with Gasteiger partial charge < -0.3 is 20.3 Å². The number of nitrogens with one attached hydrogen (secondary N) is 2. The summed E-state index contributed by atoms with van der Waals surface area (Å²) in [5, 5.41) is 6.41. The minimum absolute atomic E-state index is 0.165. The SMILES string of the molecule is CCNC(=NCc1ccc(OC)cc1)NCCC(=O)N(CC)CC. The Labute approximate surface area is 145 Å². The van der Waals surface area contributed by atoms with E-state index in [0.717, 1.165) is 36.9 Å². The van der Waals surface area contributed by atoms with Gasteiger partial charge in [0.2, 0.25) is 5.91 Å². The van der Waals surface area contributed by atoms with Crippen molar-refractivity contribution in [1.82, 2.24) is 15.5 Å². The van der Waals surface area contributed by atoms with Crippen LogP contribution in [0.2, 0.25) is 0 Å². The first-order chi connectivity index (χ1) is 11.6. The van der Waals surface area contributed by atoms with Crippen LogP contribution >= 0.6 is 0 Å². The molecular weight excluding hydrogens is 304 g/mol. The number of ether oxygens (including phenoxy) is 1. The van der Waals surface area contributed by atoms with Crippen molar-refractivity contribution in [2.24, 2.45) is 4.99 Å². The third-order valence-electron chi connectivity index (χ3n) is 3.67. The third kappa shape index (κ3) is 6.89. The van der Waals surface area contributed by atoms with E-state index in [1.807, 2.05) is 49.9 Å². The summed E-state index contributed by atoms with van der Waals surface area (Å²) in [6.07, 6.45) is 0.467. The predicted molar refractivity (Wildman–Crippen MR) is 98.4 cm³/mol. The maximum absolute atomic E-state index is 12.0. The highest BCUT2D eigenvalue weighted by Crippen LogP contribution is 2.11. The molecule has 0 radical (unpaired) electrons. The number of guanidine groups is 1. The molecule has 6 heteroatoms. The minimum Gasteiger partial charge on any atom is -0.497 e. The van der Waals surface area contributed by atoms with Crippen molar-refractivity contribution in [3.05, 3.63) is 29.8 Å². The Morgan fingerprint density at radius 3 is 2.33 bits per heavy atom. The molecule has 0 aromatic heterocycles. The van der Waals surface area contributed by atoms with Gasteiger partial charge in [0.25, 0.3) is 0 Å². The Kier molecular flexibility index (Phi) is 9.34. The van der Waals surface area contributed by atoms with Crippen LogP contribution in [0.3, 0.4) is 0 Å². The van der Waals surface area contributed by atoms with Crippen molar-refractivity contribution in [1.29, 1.82) is 0 Å². The number of nitrogens with zero attached hydrogens (tertiary/aromatic N) is 2. The minimum atomic E-state index is 0.165. The molecule has 0 spiro atoms. The molecule has 0 saturated carbocycles. The molecule has 1 aromatic carbocycles. The first-order valence-electron chi connectivity index (χ1n) is 8.57. The van der Waals surface area contributed by atoms with Crippen LogP contribution in [0.5, 0.6) is 5.75 Å². The average Bonchev–Trinajstić information content (AvgIpc) is 2.61. The molecule has 0 aliphatic rings. The van der Waals surface area contributed by atoms with Crippen LogP contribution in [0.25, 0.3) is 0 Å². The normalized spacial score (nSPS) is 11.1. The Hall–Kier alpha value is -2.24.